The van der Waals surface area contributed by atoms with Crippen molar-refractivity contribution in [2.45, 2.75) is 32.3 Å². The molecule has 0 saturated carbocycles. The number of ether oxygens (including phenoxy) is 1. The Bertz CT molecular complexity index is 486. The maximum Gasteiger partial charge on any atom is 0.596 e. The predicted octanol–water partition coefficient (Wildman–Crippen LogP) is 3.56. The fraction of sp³-hybridized carbons (Fsp3) is 0.429. The molecule has 2 rings (SSSR count). The molecule has 18 heavy (non-hydrogen) atoms. The Balaban J connectivity index is 2.00. The second-order valence-electron chi connectivity index (χ2n) is 5.44. The molecule has 0 N–H and O–H groups in total. The second-order valence-corrected chi connectivity index (χ2v) is 6.36. The number of hydrogen-bond donors (Lipinski definition) is 0. The molecule has 1 heterocycles. The molecule has 1 aromatic rings. The molecule has 0 bridgehead atoms. The first-order chi connectivity index (χ1) is 8.35. The average Bonchev–Trinajstić information content (AvgIpc) is 2.15. The molecule has 0 fully saturated rings. The summed E-state index contributed by atoms with van der Waals surface area (Å²) in [5.74, 6) is 0.311. The molecule has 1 atom stereocenters. The fourth-order valence-corrected chi connectivity index (χ4v) is 2.02. The van der Waals surface area contributed by atoms with Crippen molar-refractivity contribution in [1.82, 2.24) is 0 Å². The highest BCUT2D eigenvalue weighted by Crippen LogP contribution is 2.23. The largest absolute Gasteiger partial charge is 0.596 e. The number of carbonyl (C=O) groups is 1. The summed E-state index contributed by atoms with van der Waals surface area (Å²) < 4.78 is 7.98. The van der Waals surface area contributed by atoms with Crippen LogP contribution in [-0.4, -0.2) is 29.0 Å². The smallest absolute Gasteiger partial charge is 0.406 e. The summed E-state index contributed by atoms with van der Waals surface area (Å²) in [6, 6.07) is 8.16. The molecule has 0 radical (unpaired) electrons. The molecule has 3 nitrogen and oxygen atoms in total. The lowest BCUT2D eigenvalue weighted by Crippen LogP contribution is -2.41. The molecule has 1 amide bonds. The van der Waals surface area contributed by atoms with Crippen LogP contribution in [0, 0.1) is 0 Å². The van der Waals surface area contributed by atoms with Gasteiger partial charge in [0.15, 0.2) is 12.8 Å². The van der Waals surface area contributed by atoms with Crippen molar-refractivity contribution in [2.75, 3.05) is 6.54 Å². The molecule has 0 aliphatic carbocycles. The highest BCUT2D eigenvalue weighted by Gasteiger charge is 2.37. The minimum Gasteiger partial charge on any atom is -0.406 e. The van der Waals surface area contributed by atoms with Gasteiger partial charge in [-0.3, -0.25) is 0 Å². The van der Waals surface area contributed by atoms with Crippen LogP contribution in [0.4, 0.5) is 4.79 Å². The maximum absolute atomic E-state index is 11.7. The summed E-state index contributed by atoms with van der Waals surface area (Å²) in [6.45, 7) is 6.31. The highest BCUT2D eigenvalue weighted by molar-refractivity contribution is 9.10. The van der Waals surface area contributed by atoms with Crippen LogP contribution in [0.5, 0.6) is 0 Å². The first-order valence-corrected chi connectivity index (χ1v) is 6.74. The van der Waals surface area contributed by atoms with Crippen LogP contribution in [0.2, 0.25) is 0 Å². The van der Waals surface area contributed by atoms with Crippen LogP contribution in [-0.2, 0) is 4.74 Å². The first kappa shape index (κ1) is 13.3. The lowest BCUT2D eigenvalue weighted by molar-refractivity contribution is -0.474. The van der Waals surface area contributed by atoms with Crippen LogP contribution >= 0.6 is 15.9 Å². The Labute approximate surface area is 116 Å². The van der Waals surface area contributed by atoms with E-state index in [0.29, 0.717) is 12.5 Å². The van der Waals surface area contributed by atoms with E-state index in [0.717, 1.165) is 4.47 Å². The van der Waals surface area contributed by atoms with Crippen LogP contribution in [0.15, 0.2) is 28.7 Å². The topological polar surface area (TPSA) is 29.3 Å². The number of hydrogen-bond acceptors (Lipinski definition) is 2. The van der Waals surface area contributed by atoms with Crippen LogP contribution in [0.3, 0.4) is 0 Å². The quantitative estimate of drug-likeness (QED) is 0.742. The van der Waals surface area contributed by atoms with Gasteiger partial charge in [-0.15, -0.1) is 4.58 Å². The molecule has 1 aliphatic heterocycles. The molecule has 4 heteroatoms. The number of halogens is 1. The van der Waals surface area contributed by atoms with Gasteiger partial charge in [0.2, 0.25) is 0 Å². The van der Waals surface area contributed by atoms with E-state index in [1.54, 1.807) is 4.58 Å². The molecular weight excluding hydrogens is 294 g/mol. The van der Waals surface area contributed by atoms with E-state index in [-0.39, 0.29) is 6.09 Å². The Kier molecular flexibility index (Phi) is 3.57. The predicted molar refractivity (Wildman–Crippen MR) is 74.3 cm³/mol. The van der Waals surface area contributed by atoms with Crippen molar-refractivity contribution in [3.05, 3.63) is 34.3 Å². The third kappa shape index (κ3) is 3.19. The molecule has 1 aromatic carbocycles. The molecule has 0 aromatic heterocycles. The van der Waals surface area contributed by atoms with Gasteiger partial charge in [-0.2, -0.15) is 4.79 Å². The van der Waals surface area contributed by atoms with Crippen molar-refractivity contribution < 1.29 is 14.1 Å². The normalized spacial score (nSPS) is 18.9. The number of carbonyl (C=O) groups excluding carboxylic acids is 1. The molecule has 96 valence electrons. The lowest BCUT2D eigenvalue weighted by Gasteiger charge is -2.21. The van der Waals surface area contributed by atoms with Crippen LogP contribution < -0.4 is 0 Å². The Morgan fingerprint density at radius 3 is 2.39 bits per heavy atom. The average molecular weight is 311 g/mol. The Hall–Kier alpha value is -1.16. The van der Waals surface area contributed by atoms with Gasteiger partial charge in [0.1, 0.15) is 11.5 Å². The van der Waals surface area contributed by atoms with E-state index in [4.69, 9.17) is 4.74 Å². The summed E-state index contributed by atoms with van der Waals surface area (Å²) in [5, 5.41) is 0. The monoisotopic (exact) mass is 310 g/mol. The van der Waals surface area contributed by atoms with E-state index in [2.05, 4.69) is 28.1 Å². The third-order valence-electron chi connectivity index (χ3n) is 2.68. The molecule has 0 saturated heterocycles. The van der Waals surface area contributed by atoms with E-state index in [1.807, 2.05) is 39.1 Å². The van der Waals surface area contributed by atoms with Crippen LogP contribution in [0.1, 0.15) is 32.3 Å². The van der Waals surface area contributed by atoms with Crippen molar-refractivity contribution in [3.63, 3.8) is 0 Å². The highest BCUT2D eigenvalue weighted by atomic mass is 79.9. The van der Waals surface area contributed by atoms with Crippen molar-refractivity contribution >= 4 is 28.2 Å². The van der Waals surface area contributed by atoms with E-state index < -0.39 is 5.60 Å². The SMILES string of the molecule is CC(C)(C)OC(=O)[N+]1=CC(c2ccc(Br)cc2)C1. The van der Waals surface area contributed by atoms with Gasteiger partial charge in [-0.05, 0) is 38.5 Å². The standard InChI is InChI=1S/C14H17BrNO2/c1-14(2,3)18-13(17)16-8-11(9-16)10-4-6-12(15)7-5-10/h4-8,11H,9H2,1-3H3/q+1. The summed E-state index contributed by atoms with van der Waals surface area (Å²) in [5.41, 5.74) is 0.783. The van der Waals surface area contributed by atoms with Gasteiger partial charge in [0.05, 0.1) is 0 Å². The maximum atomic E-state index is 11.7. The first-order valence-electron chi connectivity index (χ1n) is 5.95. The van der Waals surface area contributed by atoms with Gasteiger partial charge in [-0.25, -0.2) is 0 Å². The zero-order chi connectivity index (χ0) is 13.3. The number of nitrogens with zero attached hydrogens (tertiary/aromatic N) is 1. The summed E-state index contributed by atoms with van der Waals surface area (Å²) in [7, 11) is 0. The number of rotatable bonds is 1. The minimum atomic E-state index is -0.437. The van der Waals surface area contributed by atoms with Gasteiger partial charge in [0, 0.05) is 4.47 Å². The van der Waals surface area contributed by atoms with Crippen molar-refractivity contribution in [2.24, 2.45) is 0 Å². The van der Waals surface area contributed by atoms with Gasteiger partial charge in [0.25, 0.3) is 0 Å². The third-order valence-corrected chi connectivity index (χ3v) is 3.21. The Morgan fingerprint density at radius 2 is 1.89 bits per heavy atom. The molecular formula is C14H17BrNO2+. The molecule has 1 unspecified atom stereocenters. The van der Waals surface area contributed by atoms with Crippen molar-refractivity contribution in [3.8, 4) is 0 Å². The number of amides is 1. The van der Waals surface area contributed by atoms with E-state index in [9.17, 15) is 4.79 Å². The van der Waals surface area contributed by atoms with Gasteiger partial charge in [-0.1, -0.05) is 28.1 Å². The lowest BCUT2D eigenvalue weighted by atomic mass is 9.96. The van der Waals surface area contributed by atoms with Crippen molar-refractivity contribution in [1.29, 1.82) is 0 Å². The van der Waals surface area contributed by atoms with Crippen LogP contribution in [0.25, 0.3) is 0 Å². The summed E-state index contributed by atoms with van der Waals surface area (Å²) in [6.07, 6.45) is 1.65. The second kappa shape index (κ2) is 4.84. The minimum absolute atomic E-state index is 0.268. The Morgan fingerprint density at radius 1 is 1.33 bits per heavy atom. The van der Waals surface area contributed by atoms with E-state index >= 15 is 0 Å². The van der Waals surface area contributed by atoms with Gasteiger partial charge < -0.3 is 4.74 Å². The number of benzene rings is 1. The summed E-state index contributed by atoms with van der Waals surface area (Å²) >= 11 is 3.41. The summed E-state index contributed by atoms with van der Waals surface area (Å²) in [4.78, 5) is 11.7. The van der Waals surface area contributed by atoms with E-state index in [1.165, 1.54) is 5.56 Å². The molecule has 1 aliphatic rings. The zero-order valence-corrected chi connectivity index (χ0v) is 12.4. The zero-order valence-electron chi connectivity index (χ0n) is 10.8. The van der Waals surface area contributed by atoms with Gasteiger partial charge >= 0.3 is 6.09 Å². The fourth-order valence-electron chi connectivity index (χ4n) is 1.76. The molecule has 0 spiro atoms.